The Labute approximate surface area is 120 Å². The van der Waals surface area contributed by atoms with Crippen molar-refractivity contribution in [3.05, 3.63) is 70.8 Å². The molecule has 0 fully saturated rings. The summed E-state index contributed by atoms with van der Waals surface area (Å²) < 4.78 is 5.24. The number of benzene rings is 2. The zero-order chi connectivity index (χ0) is 14.1. The molecule has 3 nitrogen and oxygen atoms in total. The molecule has 0 aromatic heterocycles. The van der Waals surface area contributed by atoms with Gasteiger partial charge < -0.3 is 4.74 Å². The molecule has 0 radical (unpaired) electrons. The summed E-state index contributed by atoms with van der Waals surface area (Å²) in [5.41, 5.74) is 2.24. The highest BCUT2D eigenvalue weighted by Crippen LogP contribution is 2.32. The lowest BCUT2D eigenvalue weighted by Gasteiger charge is -1.99. The maximum Gasteiger partial charge on any atom is 0.344 e. The Morgan fingerprint density at radius 3 is 2.50 bits per heavy atom. The molecule has 0 aliphatic carbocycles. The Balaban J connectivity index is 2.07. The fourth-order valence-electron chi connectivity index (χ4n) is 2.07. The van der Waals surface area contributed by atoms with E-state index in [1.165, 1.54) is 6.07 Å². The number of hydrogen-bond acceptors (Lipinski definition) is 3. The van der Waals surface area contributed by atoms with Crippen LogP contribution in [0.3, 0.4) is 0 Å². The molecule has 0 atom stereocenters. The molecule has 0 spiro atoms. The largest absolute Gasteiger partial charge is 0.422 e. The Bertz CT molecular complexity index is 733. The molecular weight excluding hydrogens is 276 g/mol. The summed E-state index contributed by atoms with van der Waals surface area (Å²) >= 11 is 5.41. The number of halogens is 1. The van der Waals surface area contributed by atoms with Crippen LogP contribution in [0.1, 0.15) is 31.8 Å². The zero-order valence-electron chi connectivity index (χ0n) is 10.3. The standard InChI is InChI=1S/C16H9ClO3/c17-15(18)11-6-7-12-13(9-11)16(19)20-14(12)8-10-4-2-1-3-5-10/h1-9H. The van der Waals surface area contributed by atoms with Crippen molar-refractivity contribution in [1.29, 1.82) is 0 Å². The molecule has 98 valence electrons. The molecule has 2 aromatic rings. The molecule has 0 saturated heterocycles. The smallest absolute Gasteiger partial charge is 0.344 e. The van der Waals surface area contributed by atoms with Crippen LogP contribution in [0.4, 0.5) is 0 Å². The predicted molar refractivity (Wildman–Crippen MR) is 76.4 cm³/mol. The van der Waals surface area contributed by atoms with Crippen molar-refractivity contribution < 1.29 is 14.3 Å². The molecule has 1 aliphatic rings. The highest BCUT2D eigenvalue weighted by molar-refractivity contribution is 6.67. The first-order valence-corrected chi connectivity index (χ1v) is 6.36. The van der Waals surface area contributed by atoms with Gasteiger partial charge in [-0.15, -0.1) is 0 Å². The Kier molecular flexibility index (Phi) is 3.12. The molecule has 0 bridgehead atoms. The molecular formula is C16H9ClO3. The second-order valence-electron chi connectivity index (χ2n) is 4.34. The van der Waals surface area contributed by atoms with Crippen LogP contribution in [-0.4, -0.2) is 11.2 Å². The van der Waals surface area contributed by atoms with Gasteiger partial charge in [-0.1, -0.05) is 30.3 Å². The monoisotopic (exact) mass is 284 g/mol. The van der Waals surface area contributed by atoms with E-state index in [4.69, 9.17) is 16.3 Å². The fourth-order valence-corrected chi connectivity index (χ4v) is 2.19. The molecule has 20 heavy (non-hydrogen) atoms. The first-order chi connectivity index (χ1) is 9.65. The quantitative estimate of drug-likeness (QED) is 0.623. The Morgan fingerprint density at radius 2 is 1.80 bits per heavy atom. The van der Waals surface area contributed by atoms with Gasteiger partial charge in [-0.2, -0.15) is 0 Å². The predicted octanol–water partition coefficient (Wildman–Crippen LogP) is 3.73. The number of rotatable bonds is 2. The lowest BCUT2D eigenvalue weighted by atomic mass is 10.0. The third kappa shape index (κ3) is 2.24. The average Bonchev–Trinajstić information content (AvgIpc) is 2.76. The van der Waals surface area contributed by atoms with Crippen LogP contribution in [0.5, 0.6) is 0 Å². The summed E-state index contributed by atoms with van der Waals surface area (Å²) in [5.74, 6) is 0.00622. The van der Waals surface area contributed by atoms with Gasteiger partial charge >= 0.3 is 5.97 Å². The fraction of sp³-hybridized carbons (Fsp3) is 0. The van der Waals surface area contributed by atoms with Crippen molar-refractivity contribution in [2.75, 3.05) is 0 Å². The first kappa shape index (κ1) is 12.6. The van der Waals surface area contributed by atoms with Crippen LogP contribution in [-0.2, 0) is 4.74 Å². The van der Waals surface area contributed by atoms with Gasteiger partial charge in [0.15, 0.2) is 0 Å². The molecule has 0 unspecified atom stereocenters. The number of esters is 1. The topological polar surface area (TPSA) is 43.4 Å². The van der Waals surface area contributed by atoms with Crippen LogP contribution in [0.25, 0.3) is 11.8 Å². The van der Waals surface area contributed by atoms with Crippen molar-refractivity contribution in [3.8, 4) is 0 Å². The van der Waals surface area contributed by atoms with E-state index in [-0.39, 0.29) is 5.56 Å². The van der Waals surface area contributed by atoms with E-state index in [0.29, 0.717) is 16.9 Å². The molecule has 2 aromatic carbocycles. The van der Waals surface area contributed by atoms with E-state index in [2.05, 4.69) is 0 Å². The second-order valence-corrected chi connectivity index (χ2v) is 4.69. The highest BCUT2D eigenvalue weighted by atomic mass is 35.5. The van der Waals surface area contributed by atoms with Crippen molar-refractivity contribution in [2.45, 2.75) is 0 Å². The number of hydrogen-bond donors (Lipinski definition) is 0. The van der Waals surface area contributed by atoms with Gasteiger partial charge in [0.25, 0.3) is 5.24 Å². The lowest BCUT2D eigenvalue weighted by molar-refractivity contribution is 0.0717. The van der Waals surface area contributed by atoms with E-state index in [1.807, 2.05) is 30.3 Å². The van der Waals surface area contributed by atoms with Gasteiger partial charge in [0.05, 0.1) is 5.56 Å². The minimum absolute atomic E-state index is 0.281. The van der Waals surface area contributed by atoms with Gasteiger partial charge in [-0.05, 0) is 41.4 Å². The summed E-state index contributed by atoms with van der Waals surface area (Å²) in [7, 11) is 0. The minimum atomic E-state index is -0.596. The number of ether oxygens (including phenoxy) is 1. The van der Waals surface area contributed by atoms with Crippen molar-refractivity contribution in [2.24, 2.45) is 0 Å². The molecule has 4 heteroatoms. The van der Waals surface area contributed by atoms with Crippen LogP contribution in [0.2, 0.25) is 0 Å². The molecule has 0 N–H and O–H groups in total. The second kappa shape index (κ2) is 4.94. The summed E-state index contributed by atoms with van der Waals surface area (Å²) in [6.45, 7) is 0. The van der Waals surface area contributed by atoms with E-state index < -0.39 is 11.2 Å². The van der Waals surface area contributed by atoms with Crippen molar-refractivity contribution in [3.63, 3.8) is 0 Å². The minimum Gasteiger partial charge on any atom is -0.422 e. The molecule has 0 amide bonds. The molecule has 1 aliphatic heterocycles. The third-order valence-corrected chi connectivity index (χ3v) is 3.25. The number of carbonyl (C=O) groups is 2. The summed E-state index contributed by atoms with van der Waals surface area (Å²) in [4.78, 5) is 22.9. The van der Waals surface area contributed by atoms with Crippen LogP contribution in [0.15, 0.2) is 48.5 Å². The van der Waals surface area contributed by atoms with Crippen LogP contribution < -0.4 is 0 Å². The lowest BCUT2D eigenvalue weighted by Crippen LogP contribution is -1.96. The van der Waals surface area contributed by atoms with Gasteiger partial charge in [-0.25, -0.2) is 4.79 Å². The summed E-state index contributed by atoms with van der Waals surface area (Å²) in [5, 5.41) is -0.596. The van der Waals surface area contributed by atoms with E-state index >= 15 is 0 Å². The van der Waals surface area contributed by atoms with Crippen LogP contribution in [0, 0.1) is 0 Å². The molecule has 0 saturated carbocycles. The SMILES string of the molecule is O=C(Cl)c1ccc2c(c1)C(=O)OC2=Cc1ccccc1. The first-order valence-electron chi connectivity index (χ1n) is 5.98. The zero-order valence-corrected chi connectivity index (χ0v) is 11.1. The van der Waals surface area contributed by atoms with E-state index in [1.54, 1.807) is 18.2 Å². The van der Waals surface area contributed by atoms with Crippen molar-refractivity contribution in [1.82, 2.24) is 0 Å². The Morgan fingerprint density at radius 1 is 1.05 bits per heavy atom. The van der Waals surface area contributed by atoms with Gasteiger partial charge in [-0.3, -0.25) is 4.79 Å². The number of cyclic esters (lactones) is 1. The van der Waals surface area contributed by atoms with Gasteiger partial charge in [0.2, 0.25) is 0 Å². The van der Waals surface area contributed by atoms with E-state index in [0.717, 1.165) is 5.56 Å². The average molecular weight is 285 g/mol. The molecule has 1 heterocycles. The highest BCUT2D eigenvalue weighted by Gasteiger charge is 2.27. The summed E-state index contributed by atoms with van der Waals surface area (Å²) in [6.07, 6.45) is 1.78. The van der Waals surface area contributed by atoms with Gasteiger partial charge in [0.1, 0.15) is 5.76 Å². The van der Waals surface area contributed by atoms with Crippen molar-refractivity contribution >= 4 is 34.6 Å². The normalized spacial score (nSPS) is 15.1. The van der Waals surface area contributed by atoms with Crippen LogP contribution >= 0.6 is 11.6 Å². The third-order valence-electron chi connectivity index (χ3n) is 3.03. The maximum atomic E-state index is 11.8. The molecule has 3 rings (SSSR count). The maximum absolute atomic E-state index is 11.8. The number of fused-ring (bicyclic) bond motifs is 1. The van der Waals surface area contributed by atoms with E-state index in [9.17, 15) is 9.59 Å². The summed E-state index contributed by atoms with van der Waals surface area (Å²) in [6, 6.07) is 14.2. The van der Waals surface area contributed by atoms with Gasteiger partial charge in [0, 0.05) is 11.1 Å². The Hall–Kier alpha value is -2.39. The number of carbonyl (C=O) groups excluding carboxylic acids is 2.